The molecular formula is C14H19ClFNO. The normalized spacial score (nSPS) is 18.1. The van der Waals surface area contributed by atoms with Crippen molar-refractivity contribution < 1.29 is 9.13 Å². The lowest BCUT2D eigenvalue weighted by atomic mass is 10.1. The van der Waals surface area contributed by atoms with Gasteiger partial charge < -0.3 is 4.74 Å². The van der Waals surface area contributed by atoms with Gasteiger partial charge in [0.2, 0.25) is 0 Å². The average molecular weight is 272 g/mol. The second-order valence-electron chi connectivity index (χ2n) is 4.67. The van der Waals surface area contributed by atoms with Crippen molar-refractivity contribution in [3.63, 3.8) is 0 Å². The maximum absolute atomic E-state index is 13.1. The summed E-state index contributed by atoms with van der Waals surface area (Å²) in [6.07, 6.45) is 2.41. The third-order valence-electron chi connectivity index (χ3n) is 3.26. The minimum atomic E-state index is -0.159. The number of halogens is 2. The van der Waals surface area contributed by atoms with Crippen LogP contribution in [0.25, 0.3) is 0 Å². The first-order valence-electron chi connectivity index (χ1n) is 6.42. The Labute approximate surface area is 113 Å². The van der Waals surface area contributed by atoms with Gasteiger partial charge in [-0.15, -0.1) is 11.6 Å². The summed E-state index contributed by atoms with van der Waals surface area (Å²) in [6.45, 7) is 3.46. The van der Waals surface area contributed by atoms with Crippen molar-refractivity contribution in [1.82, 2.24) is 4.90 Å². The lowest BCUT2D eigenvalue weighted by molar-refractivity contribution is 0.0134. The number of rotatable bonds is 5. The van der Waals surface area contributed by atoms with E-state index in [1.54, 1.807) is 12.1 Å². The van der Waals surface area contributed by atoms with E-state index in [0.717, 1.165) is 38.0 Å². The molecule has 0 atom stereocenters. The van der Waals surface area contributed by atoms with Crippen molar-refractivity contribution in [2.45, 2.75) is 25.5 Å². The van der Waals surface area contributed by atoms with Crippen LogP contribution in [0.3, 0.4) is 0 Å². The quantitative estimate of drug-likeness (QED) is 0.764. The van der Waals surface area contributed by atoms with Gasteiger partial charge in [0.15, 0.2) is 0 Å². The molecule has 2 nitrogen and oxygen atoms in total. The minimum Gasteiger partial charge on any atom is -0.377 e. The summed E-state index contributed by atoms with van der Waals surface area (Å²) in [5.74, 6) is 0.400. The van der Waals surface area contributed by atoms with Crippen LogP contribution < -0.4 is 0 Å². The van der Waals surface area contributed by atoms with E-state index >= 15 is 0 Å². The molecule has 2 rings (SSSR count). The van der Waals surface area contributed by atoms with E-state index in [1.807, 2.05) is 6.07 Å². The van der Waals surface area contributed by atoms with Crippen molar-refractivity contribution in [3.05, 3.63) is 35.6 Å². The van der Waals surface area contributed by atoms with Crippen LogP contribution in [0.5, 0.6) is 0 Å². The second-order valence-corrected chi connectivity index (χ2v) is 5.04. The molecule has 0 unspecified atom stereocenters. The summed E-state index contributed by atoms with van der Waals surface area (Å²) in [5.41, 5.74) is 1.04. The molecule has 1 aliphatic rings. The lowest BCUT2D eigenvalue weighted by Gasteiger charge is -2.31. The van der Waals surface area contributed by atoms with E-state index in [1.165, 1.54) is 6.07 Å². The van der Waals surface area contributed by atoms with Crippen LogP contribution in [0.1, 0.15) is 18.4 Å². The Hall–Kier alpha value is -0.640. The van der Waals surface area contributed by atoms with E-state index in [4.69, 9.17) is 16.3 Å². The summed E-state index contributed by atoms with van der Waals surface area (Å²) in [4.78, 5) is 2.34. The lowest BCUT2D eigenvalue weighted by Crippen LogP contribution is -2.36. The van der Waals surface area contributed by atoms with Gasteiger partial charge in [-0.3, -0.25) is 4.90 Å². The molecule has 1 fully saturated rings. The van der Waals surface area contributed by atoms with Gasteiger partial charge in [-0.2, -0.15) is 0 Å². The maximum Gasteiger partial charge on any atom is 0.123 e. The first-order chi connectivity index (χ1) is 8.78. The Morgan fingerprint density at radius 1 is 1.33 bits per heavy atom. The van der Waals surface area contributed by atoms with Crippen LogP contribution in [0.2, 0.25) is 0 Å². The van der Waals surface area contributed by atoms with Gasteiger partial charge in [0.05, 0.1) is 12.7 Å². The van der Waals surface area contributed by atoms with E-state index in [-0.39, 0.29) is 5.82 Å². The molecule has 0 spiro atoms. The van der Waals surface area contributed by atoms with Crippen molar-refractivity contribution in [3.8, 4) is 0 Å². The maximum atomic E-state index is 13.1. The Kier molecular flexibility index (Phi) is 5.42. The molecule has 0 amide bonds. The van der Waals surface area contributed by atoms with Crippen molar-refractivity contribution in [2.24, 2.45) is 0 Å². The Morgan fingerprint density at radius 2 is 2.11 bits per heavy atom. The summed E-state index contributed by atoms with van der Waals surface area (Å²) in [5, 5.41) is 0. The van der Waals surface area contributed by atoms with E-state index < -0.39 is 0 Å². The largest absolute Gasteiger partial charge is 0.377 e. The molecule has 100 valence electrons. The molecule has 0 saturated carbocycles. The van der Waals surface area contributed by atoms with Crippen LogP contribution in [-0.4, -0.2) is 36.6 Å². The minimum absolute atomic E-state index is 0.159. The zero-order valence-corrected chi connectivity index (χ0v) is 11.2. The van der Waals surface area contributed by atoms with Crippen LogP contribution >= 0.6 is 11.6 Å². The third-order valence-corrected chi connectivity index (χ3v) is 3.41. The molecule has 1 aromatic rings. The number of nitrogens with zero attached hydrogens (tertiary/aromatic N) is 1. The van der Waals surface area contributed by atoms with Crippen molar-refractivity contribution >= 4 is 11.6 Å². The Balaban J connectivity index is 1.76. The fourth-order valence-corrected chi connectivity index (χ4v) is 2.43. The van der Waals surface area contributed by atoms with Crippen LogP contribution in [0.4, 0.5) is 4.39 Å². The van der Waals surface area contributed by atoms with Crippen LogP contribution in [0, 0.1) is 5.82 Å². The number of alkyl halides is 1. The third kappa shape index (κ3) is 4.23. The molecule has 1 aromatic carbocycles. The van der Waals surface area contributed by atoms with Gasteiger partial charge in [-0.25, -0.2) is 4.39 Å². The predicted molar refractivity (Wildman–Crippen MR) is 71.4 cm³/mol. The first-order valence-corrected chi connectivity index (χ1v) is 6.96. The SMILES string of the molecule is Fc1cccc(CN2CCC(OCCCl)CC2)c1. The van der Waals surface area contributed by atoms with Crippen molar-refractivity contribution in [2.75, 3.05) is 25.6 Å². The molecule has 18 heavy (non-hydrogen) atoms. The number of piperidine rings is 1. The monoisotopic (exact) mass is 271 g/mol. The number of likely N-dealkylation sites (tertiary alicyclic amines) is 1. The predicted octanol–water partition coefficient (Wildman–Crippen LogP) is 3.05. The zero-order chi connectivity index (χ0) is 12.8. The number of benzene rings is 1. The second kappa shape index (κ2) is 7.07. The number of ether oxygens (including phenoxy) is 1. The van der Waals surface area contributed by atoms with Gasteiger partial charge in [0, 0.05) is 25.5 Å². The summed E-state index contributed by atoms with van der Waals surface area (Å²) in [7, 11) is 0. The topological polar surface area (TPSA) is 12.5 Å². The molecular weight excluding hydrogens is 253 g/mol. The molecule has 0 radical (unpaired) electrons. The van der Waals surface area contributed by atoms with E-state index in [9.17, 15) is 4.39 Å². The van der Waals surface area contributed by atoms with Gasteiger partial charge in [0.25, 0.3) is 0 Å². The zero-order valence-electron chi connectivity index (χ0n) is 10.4. The molecule has 1 aliphatic heterocycles. The smallest absolute Gasteiger partial charge is 0.123 e. The Morgan fingerprint density at radius 3 is 2.78 bits per heavy atom. The highest BCUT2D eigenvalue weighted by atomic mass is 35.5. The van der Waals surface area contributed by atoms with E-state index in [0.29, 0.717) is 18.6 Å². The molecule has 1 saturated heterocycles. The summed E-state index contributed by atoms with van der Waals surface area (Å²) < 4.78 is 18.7. The van der Waals surface area contributed by atoms with Crippen molar-refractivity contribution in [1.29, 1.82) is 0 Å². The Bertz CT molecular complexity index is 367. The molecule has 0 N–H and O–H groups in total. The van der Waals surface area contributed by atoms with Gasteiger partial charge in [-0.1, -0.05) is 12.1 Å². The standard InChI is InChI=1S/C14H19ClFNO/c15-6-9-18-14-4-7-17(8-5-14)11-12-2-1-3-13(16)10-12/h1-3,10,14H,4-9,11H2. The average Bonchev–Trinajstić information content (AvgIpc) is 2.38. The van der Waals surface area contributed by atoms with E-state index in [2.05, 4.69) is 4.90 Å². The van der Waals surface area contributed by atoms with Crippen LogP contribution in [-0.2, 0) is 11.3 Å². The van der Waals surface area contributed by atoms with Crippen LogP contribution in [0.15, 0.2) is 24.3 Å². The summed E-state index contributed by atoms with van der Waals surface area (Å²) in [6, 6.07) is 6.83. The molecule has 4 heteroatoms. The van der Waals surface area contributed by atoms with Gasteiger partial charge in [0.1, 0.15) is 5.82 Å². The number of hydrogen-bond acceptors (Lipinski definition) is 2. The highest BCUT2D eigenvalue weighted by Crippen LogP contribution is 2.16. The fraction of sp³-hybridized carbons (Fsp3) is 0.571. The molecule has 0 aromatic heterocycles. The number of hydrogen-bond donors (Lipinski definition) is 0. The highest BCUT2D eigenvalue weighted by molar-refractivity contribution is 6.17. The van der Waals surface area contributed by atoms with Gasteiger partial charge >= 0.3 is 0 Å². The van der Waals surface area contributed by atoms with Gasteiger partial charge in [-0.05, 0) is 30.5 Å². The first kappa shape index (κ1) is 13.8. The molecule has 0 bridgehead atoms. The molecule has 0 aliphatic carbocycles. The summed E-state index contributed by atoms with van der Waals surface area (Å²) >= 11 is 5.60. The highest BCUT2D eigenvalue weighted by Gasteiger charge is 2.19. The fourth-order valence-electron chi connectivity index (χ4n) is 2.34. The molecule has 1 heterocycles.